The maximum Gasteiger partial charge on any atom is 0.225 e. The SMILES string of the molecule is C[C@H]1CN(C2CCN(c3ncccn3)CC2)[C@@H](Cc2ccc(Cl)cc2)CO1. The Balaban J connectivity index is 1.41. The van der Waals surface area contributed by atoms with E-state index in [-0.39, 0.29) is 0 Å². The summed E-state index contributed by atoms with van der Waals surface area (Å²) >= 11 is 6.04. The minimum Gasteiger partial charge on any atom is -0.376 e. The lowest BCUT2D eigenvalue weighted by atomic mass is 9.96. The summed E-state index contributed by atoms with van der Waals surface area (Å²) in [5.41, 5.74) is 1.32. The number of halogens is 1. The zero-order valence-electron chi connectivity index (χ0n) is 15.8. The van der Waals surface area contributed by atoms with E-state index in [0.717, 1.165) is 56.5 Å². The Morgan fingerprint density at radius 3 is 2.52 bits per heavy atom. The van der Waals surface area contributed by atoms with Crippen molar-refractivity contribution in [1.29, 1.82) is 0 Å². The van der Waals surface area contributed by atoms with Crippen molar-refractivity contribution in [3.63, 3.8) is 0 Å². The normalized spacial score (nSPS) is 24.9. The molecule has 27 heavy (non-hydrogen) atoms. The second-order valence-electron chi connectivity index (χ2n) is 7.59. The van der Waals surface area contributed by atoms with Gasteiger partial charge in [0.1, 0.15) is 0 Å². The summed E-state index contributed by atoms with van der Waals surface area (Å²) in [5.74, 6) is 0.851. The highest BCUT2D eigenvalue weighted by molar-refractivity contribution is 6.30. The quantitative estimate of drug-likeness (QED) is 0.805. The van der Waals surface area contributed by atoms with Crippen LogP contribution in [0.15, 0.2) is 42.7 Å². The summed E-state index contributed by atoms with van der Waals surface area (Å²) in [5, 5.41) is 0.791. The van der Waals surface area contributed by atoms with Gasteiger partial charge in [-0.15, -0.1) is 0 Å². The standard InChI is InChI=1S/C21H27ClN4O/c1-16-14-26(20(15-27-16)13-17-3-5-18(22)6-4-17)19-7-11-25(12-8-19)21-23-9-2-10-24-21/h2-6,9-10,16,19-20H,7-8,11-15H2,1H3/t16-,20-/m0/s1. The van der Waals surface area contributed by atoms with Crippen molar-refractivity contribution >= 4 is 17.5 Å². The van der Waals surface area contributed by atoms with E-state index in [2.05, 4.69) is 38.8 Å². The smallest absolute Gasteiger partial charge is 0.225 e. The monoisotopic (exact) mass is 386 g/mol. The molecule has 0 spiro atoms. The summed E-state index contributed by atoms with van der Waals surface area (Å²) < 4.78 is 6.00. The van der Waals surface area contributed by atoms with Crippen LogP contribution in [0.4, 0.5) is 5.95 Å². The Morgan fingerprint density at radius 2 is 1.81 bits per heavy atom. The molecule has 5 nitrogen and oxygen atoms in total. The summed E-state index contributed by atoms with van der Waals surface area (Å²) in [6.45, 7) is 6.00. The topological polar surface area (TPSA) is 41.5 Å². The van der Waals surface area contributed by atoms with Gasteiger partial charge in [-0.05, 0) is 49.9 Å². The Morgan fingerprint density at radius 1 is 1.11 bits per heavy atom. The minimum atomic E-state index is 0.293. The van der Waals surface area contributed by atoms with Gasteiger partial charge in [0.15, 0.2) is 0 Å². The van der Waals surface area contributed by atoms with Crippen LogP contribution in [-0.2, 0) is 11.2 Å². The van der Waals surface area contributed by atoms with Crippen LogP contribution in [0.3, 0.4) is 0 Å². The molecule has 0 bridgehead atoms. The maximum absolute atomic E-state index is 6.04. The van der Waals surface area contributed by atoms with Crippen LogP contribution < -0.4 is 4.90 Å². The molecule has 2 atom stereocenters. The van der Waals surface area contributed by atoms with E-state index in [1.165, 1.54) is 5.56 Å². The molecule has 2 fully saturated rings. The average Bonchev–Trinajstić information content (AvgIpc) is 2.72. The summed E-state index contributed by atoms with van der Waals surface area (Å²) in [6, 6.07) is 11.1. The third kappa shape index (κ3) is 4.60. The third-order valence-corrected chi connectivity index (χ3v) is 5.92. The lowest BCUT2D eigenvalue weighted by molar-refractivity contribution is -0.0745. The highest BCUT2D eigenvalue weighted by Crippen LogP contribution is 2.26. The van der Waals surface area contributed by atoms with Gasteiger partial charge in [0.25, 0.3) is 0 Å². The van der Waals surface area contributed by atoms with E-state index >= 15 is 0 Å². The molecule has 0 N–H and O–H groups in total. The number of morpholine rings is 1. The lowest BCUT2D eigenvalue weighted by Gasteiger charge is -2.46. The number of ether oxygens (including phenoxy) is 1. The van der Waals surface area contributed by atoms with Crippen LogP contribution in [0.1, 0.15) is 25.3 Å². The van der Waals surface area contributed by atoms with Crippen molar-refractivity contribution in [1.82, 2.24) is 14.9 Å². The molecule has 3 heterocycles. The van der Waals surface area contributed by atoms with Crippen LogP contribution >= 0.6 is 11.6 Å². The van der Waals surface area contributed by atoms with Gasteiger partial charge in [-0.3, -0.25) is 4.90 Å². The number of hydrogen-bond donors (Lipinski definition) is 0. The Hall–Kier alpha value is -1.69. The molecule has 2 aromatic rings. The van der Waals surface area contributed by atoms with E-state index in [1.54, 1.807) is 0 Å². The number of rotatable bonds is 4. The van der Waals surface area contributed by atoms with Crippen LogP contribution in [0, 0.1) is 0 Å². The lowest BCUT2D eigenvalue weighted by Crippen LogP contribution is -2.56. The number of hydrogen-bond acceptors (Lipinski definition) is 5. The fourth-order valence-electron chi connectivity index (χ4n) is 4.24. The molecule has 4 rings (SSSR count). The summed E-state index contributed by atoms with van der Waals surface area (Å²) in [4.78, 5) is 13.8. The first-order chi connectivity index (χ1) is 13.2. The third-order valence-electron chi connectivity index (χ3n) is 5.66. The largest absolute Gasteiger partial charge is 0.376 e. The minimum absolute atomic E-state index is 0.293. The average molecular weight is 387 g/mol. The van der Waals surface area contributed by atoms with Gasteiger partial charge >= 0.3 is 0 Å². The number of aromatic nitrogens is 2. The van der Waals surface area contributed by atoms with Gasteiger partial charge in [0.05, 0.1) is 12.7 Å². The fraction of sp³-hybridized carbons (Fsp3) is 0.524. The Bertz CT molecular complexity index is 719. The molecule has 2 aliphatic rings. The maximum atomic E-state index is 6.04. The fourth-order valence-corrected chi connectivity index (χ4v) is 4.36. The first-order valence-electron chi connectivity index (χ1n) is 9.83. The Kier molecular flexibility index (Phi) is 5.91. The van der Waals surface area contributed by atoms with Crippen molar-refractivity contribution in [3.05, 3.63) is 53.3 Å². The zero-order chi connectivity index (χ0) is 18.6. The van der Waals surface area contributed by atoms with Crippen LogP contribution in [0.2, 0.25) is 5.02 Å². The molecule has 0 radical (unpaired) electrons. The van der Waals surface area contributed by atoms with Gasteiger partial charge in [0.2, 0.25) is 5.95 Å². The molecule has 6 heteroatoms. The van der Waals surface area contributed by atoms with Crippen molar-refractivity contribution in [3.8, 4) is 0 Å². The second kappa shape index (κ2) is 8.55. The van der Waals surface area contributed by atoms with E-state index in [1.807, 2.05) is 30.6 Å². The van der Waals surface area contributed by atoms with Crippen molar-refractivity contribution < 1.29 is 4.74 Å². The molecule has 1 aromatic carbocycles. The molecule has 0 amide bonds. The van der Waals surface area contributed by atoms with Crippen molar-refractivity contribution in [2.75, 3.05) is 31.1 Å². The highest BCUT2D eigenvalue weighted by Gasteiger charge is 2.34. The van der Waals surface area contributed by atoms with Crippen LogP contribution in [0.25, 0.3) is 0 Å². The second-order valence-corrected chi connectivity index (χ2v) is 8.03. The molecule has 2 saturated heterocycles. The number of benzene rings is 1. The highest BCUT2D eigenvalue weighted by atomic mass is 35.5. The predicted octanol–water partition coefficient (Wildman–Crippen LogP) is 3.43. The molecule has 2 aliphatic heterocycles. The van der Waals surface area contributed by atoms with Gasteiger partial charge in [-0.1, -0.05) is 23.7 Å². The molecule has 144 valence electrons. The molecule has 0 unspecified atom stereocenters. The molecular weight excluding hydrogens is 360 g/mol. The van der Waals surface area contributed by atoms with E-state index in [4.69, 9.17) is 16.3 Å². The van der Waals surface area contributed by atoms with Crippen molar-refractivity contribution in [2.24, 2.45) is 0 Å². The van der Waals surface area contributed by atoms with Crippen molar-refractivity contribution in [2.45, 2.75) is 44.4 Å². The van der Waals surface area contributed by atoms with Gasteiger partial charge < -0.3 is 9.64 Å². The summed E-state index contributed by atoms with van der Waals surface area (Å²) in [6.07, 6.45) is 7.22. The Labute approximate surface area is 166 Å². The first kappa shape index (κ1) is 18.7. The first-order valence-corrected chi connectivity index (χ1v) is 10.2. The van der Waals surface area contributed by atoms with E-state index < -0.39 is 0 Å². The summed E-state index contributed by atoms with van der Waals surface area (Å²) in [7, 11) is 0. The number of piperidine rings is 1. The van der Waals surface area contributed by atoms with Gasteiger partial charge in [0, 0.05) is 49.1 Å². The van der Waals surface area contributed by atoms with Gasteiger partial charge in [-0.2, -0.15) is 0 Å². The molecular formula is C21H27ClN4O. The molecule has 0 saturated carbocycles. The zero-order valence-corrected chi connectivity index (χ0v) is 16.6. The molecule has 1 aromatic heterocycles. The number of anilines is 1. The van der Waals surface area contributed by atoms with E-state index in [9.17, 15) is 0 Å². The van der Waals surface area contributed by atoms with E-state index in [0.29, 0.717) is 18.2 Å². The predicted molar refractivity (Wildman–Crippen MR) is 108 cm³/mol. The van der Waals surface area contributed by atoms with Gasteiger partial charge in [-0.25, -0.2) is 9.97 Å². The van der Waals surface area contributed by atoms with Crippen LogP contribution in [0.5, 0.6) is 0 Å². The molecule has 0 aliphatic carbocycles. The van der Waals surface area contributed by atoms with Crippen LogP contribution in [-0.4, -0.2) is 59.3 Å². The number of nitrogens with zero attached hydrogens (tertiary/aromatic N) is 4.